The molecule has 28 heavy (non-hydrogen) atoms. The summed E-state index contributed by atoms with van der Waals surface area (Å²) in [6.07, 6.45) is 0. The zero-order valence-corrected chi connectivity index (χ0v) is 16.4. The maximum absolute atomic E-state index is 12.9. The van der Waals surface area contributed by atoms with Gasteiger partial charge in [-0.25, -0.2) is 0 Å². The van der Waals surface area contributed by atoms with Crippen molar-refractivity contribution in [3.05, 3.63) is 54.1 Å². The number of nitrogens with zero attached hydrogens (tertiary/aromatic N) is 2. The lowest BCUT2D eigenvalue weighted by Crippen LogP contribution is -2.42. The molecule has 0 spiro atoms. The van der Waals surface area contributed by atoms with Crippen LogP contribution in [-0.4, -0.2) is 55.7 Å². The lowest BCUT2D eigenvalue weighted by Gasteiger charge is -2.27. The summed E-state index contributed by atoms with van der Waals surface area (Å²) in [4.78, 5) is 27.3. The van der Waals surface area contributed by atoms with Gasteiger partial charge in [0.15, 0.2) is 11.5 Å². The Morgan fingerprint density at radius 1 is 0.964 bits per heavy atom. The average molecular weight is 386 g/mol. The van der Waals surface area contributed by atoms with Crippen molar-refractivity contribution in [1.29, 1.82) is 0 Å². The number of carboxylic acids is 1. The van der Waals surface area contributed by atoms with Crippen LogP contribution in [0.1, 0.15) is 12.5 Å². The molecule has 0 aliphatic carbocycles. The monoisotopic (exact) mass is 386 g/mol. The van der Waals surface area contributed by atoms with Gasteiger partial charge in [-0.15, -0.1) is 0 Å². The first-order valence-corrected chi connectivity index (χ1v) is 8.99. The van der Waals surface area contributed by atoms with Gasteiger partial charge in [0, 0.05) is 18.8 Å². The Hall–Kier alpha value is -3.22. The van der Waals surface area contributed by atoms with Gasteiger partial charge in [-0.05, 0) is 36.8 Å². The van der Waals surface area contributed by atoms with Crippen LogP contribution in [-0.2, 0) is 16.1 Å². The molecule has 0 aliphatic heterocycles. The molecule has 0 saturated heterocycles. The van der Waals surface area contributed by atoms with Crippen molar-refractivity contribution in [1.82, 2.24) is 4.90 Å². The van der Waals surface area contributed by atoms with E-state index in [1.807, 2.05) is 37.3 Å². The summed E-state index contributed by atoms with van der Waals surface area (Å²) in [5.41, 5.74) is 1.60. The molecule has 7 nitrogen and oxygen atoms in total. The number of amides is 1. The summed E-state index contributed by atoms with van der Waals surface area (Å²) < 4.78 is 10.6. The molecule has 7 heteroatoms. The van der Waals surface area contributed by atoms with Gasteiger partial charge in [-0.1, -0.05) is 24.3 Å². The molecule has 0 saturated carbocycles. The van der Waals surface area contributed by atoms with E-state index in [4.69, 9.17) is 9.47 Å². The molecule has 2 aromatic rings. The predicted octanol–water partition coefficient (Wildman–Crippen LogP) is 2.64. The lowest BCUT2D eigenvalue weighted by molar-refractivity contribution is -0.135. The van der Waals surface area contributed by atoms with Gasteiger partial charge in [-0.3, -0.25) is 9.59 Å². The summed E-state index contributed by atoms with van der Waals surface area (Å²) in [6.45, 7) is 2.53. The minimum Gasteiger partial charge on any atom is -0.493 e. The molecule has 2 rings (SSSR count). The number of rotatable bonds is 10. The molecule has 0 heterocycles. The van der Waals surface area contributed by atoms with E-state index >= 15 is 0 Å². The fourth-order valence-electron chi connectivity index (χ4n) is 2.88. The van der Waals surface area contributed by atoms with Gasteiger partial charge >= 0.3 is 5.97 Å². The maximum atomic E-state index is 12.9. The molecule has 2 aromatic carbocycles. The summed E-state index contributed by atoms with van der Waals surface area (Å²) in [5.74, 6) is 0.0830. The third-order valence-corrected chi connectivity index (χ3v) is 4.33. The SMILES string of the molecule is CCN(Cc1ccc(OC)c(OC)c1)C(=O)CN(CC(=O)O)c1ccccc1. The van der Waals surface area contributed by atoms with Crippen molar-refractivity contribution < 1.29 is 24.2 Å². The van der Waals surface area contributed by atoms with E-state index in [1.165, 1.54) is 0 Å². The highest BCUT2D eigenvalue weighted by Crippen LogP contribution is 2.28. The van der Waals surface area contributed by atoms with Crippen LogP contribution in [0.25, 0.3) is 0 Å². The Labute approximate surface area is 165 Å². The van der Waals surface area contributed by atoms with Gasteiger partial charge in [0.25, 0.3) is 0 Å². The zero-order valence-electron chi connectivity index (χ0n) is 16.4. The number of methoxy groups -OCH3 is 2. The second-order valence-electron chi connectivity index (χ2n) is 6.18. The third-order valence-electron chi connectivity index (χ3n) is 4.33. The Bertz CT molecular complexity index is 795. The first-order valence-electron chi connectivity index (χ1n) is 8.99. The second-order valence-corrected chi connectivity index (χ2v) is 6.18. The highest BCUT2D eigenvalue weighted by molar-refractivity contribution is 5.84. The Kier molecular flexibility index (Phi) is 7.68. The summed E-state index contributed by atoms with van der Waals surface area (Å²) in [6, 6.07) is 14.6. The van der Waals surface area contributed by atoms with Crippen LogP contribution < -0.4 is 14.4 Å². The molecule has 1 N–H and O–H groups in total. The molecule has 0 atom stereocenters. The van der Waals surface area contributed by atoms with Gasteiger partial charge in [0.1, 0.15) is 6.54 Å². The fraction of sp³-hybridized carbons (Fsp3) is 0.333. The number of aliphatic carboxylic acids is 1. The van der Waals surface area contributed by atoms with E-state index in [-0.39, 0.29) is 19.0 Å². The largest absolute Gasteiger partial charge is 0.493 e. The Morgan fingerprint density at radius 3 is 2.21 bits per heavy atom. The van der Waals surface area contributed by atoms with Crippen LogP contribution in [0.4, 0.5) is 5.69 Å². The van der Waals surface area contributed by atoms with Gasteiger partial charge in [0.2, 0.25) is 5.91 Å². The zero-order chi connectivity index (χ0) is 20.5. The summed E-state index contributed by atoms with van der Waals surface area (Å²) in [7, 11) is 3.13. The van der Waals surface area contributed by atoms with Crippen molar-refractivity contribution in [3.63, 3.8) is 0 Å². The highest BCUT2D eigenvalue weighted by Gasteiger charge is 2.19. The smallest absolute Gasteiger partial charge is 0.323 e. The van der Waals surface area contributed by atoms with Crippen LogP contribution in [0.3, 0.4) is 0 Å². The number of anilines is 1. The minimum absolute atomic E-state index is 0.0164. The summed E-state index contributed by atoms with van der Waals surface area (Å²) in [5, 5.41) is 9.20. The number of likely N-dealkylation sites (N-methyl/N-ethyl adjacent to an activating group) is 1. The minimum atomic E-state index is -0.986. The summed E-state index contributed by atoms with van der Waals surface area (Å²) >= 11 is 0. The number of benzene rings is 2. The first kappa shape index (κ1) is 21.1. The standard InChI is InChI=1S/C21H26N2O5/c1-4-22(13-16-10-11-18(27-2)19(12-16)28-3)20(24)14-23(15-21(25)26)17-8-6-5-7-9-17/h5-12H,4,13-15H2,1-3H3,(H,25,26). The number of ether oxygens (including phenoxy) is 2. The van der Waals surface area contributed by atoms with Crippen LogP contribution in [0, 0.1) is 0 Å². The molecule has 0 radical (unpaired) electrons. The number of carbonyl (C=O) groups excluding carboxylic acids is 1. The number of hydrogen-bond acceptors (Lipinski definition) is 5. The van der Waals surface area contributed by atoms with Crippen LogP contribution >= 0.6 is 0 Å². The molecular weight excluding hydrogens is 360 g/mol. The van der Waals surface area contributed by atoms with Crippen LogP contribution in [0.5, 0.6) is 11.5 Å². The van der Waals surface area contributed by atoms with Crippen molar-refractivity contribution in [2.45, 2.75) is 13.5 Å². The van der Waals surface area contributed by atoms with Gasteiger partial charge in [-0.2, -0.15) is 0 Å². The Balaban J connectivity index is 2.14. The Morgan fingerprint density at radius 2 is 1.64 bits per heavy atom. The lowest BCUT2D eigenvalue weighted by atomic mass is 10.2. The van der Waals surface area contributed by atoms with Crippen molar-refractivity contribution in [2.24, 2.45) is 0 Å². The van der Waals surface area contributed by atoms with Gasteiger partial charge < -0.3 is 24.4 Å². The van der Waals surface area contributed by atoms with Gasteiger partial charge in [0.05, 0.1) is 20.8 Å². The van der Waals surface area contributed by atoms with E-state index in [9.17, 15) is 14.7 Å². The average Bonchev–Trinajstić information content (AvgIpc) is 2.71. The third kappa shape index (κ3) is 5.64. The van der Waals surface area contributed by atoms with E-state index < -0.39 is 5.97 Å². The van der Waals surface area contributed by atoms with Crippen molar-refractivity contribution >= 4 is 17.6 Å². The quantitative estimate of drug-likeness (QED) is 0.676. The van der Waals surface area contributed by atoms with Crippen molar-refractivity contribution in [2.75, 3.05) is 38.8 Å². The van der Waals surface area contributed by atoms with E-state index in [0.29, 0.717) is 30.3 Å². The number of hydrogen-bond donors (Lipinski definition) is 1. The molecule has 0 bridgehead atoms. The van der Waals surface area contributed by atoms with Crippen molar-refractivity contribution in [3.8, 4) is 11.5 Å². The van der Waals surface area contributed by atoms with E-state index in [0.717, 1.165) is 5.56 Å². The van der Waals surface area contributed by atoms with E-state index in [1.54, 1.807) is 42.2 Å². The number of para-hydroxylation sites is 1. The topological polar surface area (TPSA) is 79.3 Å². The normalized spacial score (nSPS) is 10.2. The first-order chi connectivity index (χ1) is 13.5. The number of carbonyl (C=O) groups is 2. The maximum Gasteiger partial charge on any atom is 0.323 e. The molecular formula is C21H26N2O5. The van der Waals surface area contributed by atoms with Crippen LogP contribution in [0.2, 0.25) is 0 Å². The molecule has 0 aromatic heterocycles. The molecule has 0 fully saturated rings. The predicted molar refractivity (Wildman–Crippen MR) is 107 cm³/mol. The fourth-order valence-corrected chi connectivity index (χ4v) is 2.88. The molecule has 0 aliphatic rings. The number of carboxylic acid groups (broad SMARTS) is 1. The van der Waals surface area contributed by atoms with E-state index in [2.05, 4.69) is 0 Å². The van der Waals surface area contributed by atoms with Crippen LogP contribution in [0.15, 0.2) is 48.5 Å². The second kappa shape index (κ2) is 10.2. The molecule has 0 unspecified atom stereocenters. The molecule has 150 valence electrons. The molecule has 1 amide bonds. The highest BCUT2D eigenvalue weighted by atomic mass is 16.5.